The summed E-state index contributed by atoms with van der Waals surface area (Å²) in [6.07, 6.45) is 2.26. The van der Waals surface area contributed by atoms with E-state index in [-0.39, 0.29) is 34.8 Å². The predicted molar refractivity (Wildman–Crippen MR) is 141 cm³/mol. The van der Waals surface area contributed by atoms with E-state index >= 15 is 0 Å². The summed E-state index contributed by atoms with van der Waals surface area (Å²) < 4.78 is 24.4. The van der Waals surface area contributed by atoms with Crippen LogP contribution in [0.4, 0.5) is 4.39 Å². The van der Waals surface area contributed by atoms with E-state index < -0.39 is 23.0 Å². The van der Waals surface area contributed by atoms with Gasteiger partial charge in [0, 0.05) is 35.7 Å². The SMILES string of the molecule is CC(C)(C)OC(=O)C[C@H]1CCCN(C(=O)C(C=O)c2ccc3c(-c4ccc(F)cc4Cl)cc(=O)oc3c2)C1. The Labute approximate surface area is 224 Å². The minimum absolute atomic E-state index is 0.0625. The largest absolute Gasteiger partial charge is 0.460 e. The molecule has 2 heterocycles. The number of likely N-dealkylation sites (tertiary alicyclic amines) is 1. The average molecular weight is 542 g/mol. The highest BCUT2D eigenvalue weighted by atomic mass is 35.5. The van der Waals surface area contributed by atoms with Crippen molar-refractivity contribution < 1.29 is 27.9 Å². The number of hydrogen-bond acceptors (Lipinski definition) is 6. The molecule has 2 atom stereocenters. The standard InChI is InChI=1S/C29H29ClFNO6/c1-29(2,3)38-27(35)11-17-5-4-10-32(15-17)28(36)23(16-33)18-6-8-21-22(14-26(34)37-25(21)12-18)20-9-7-19(31)13-24(20)30/h6-9,12-14,16-17,23H,4-5,10-11,15H2,1-3H3/t17-,23?/m1/s1. The van der Waals surface area contributed by atoms with Crippen LogP contribution in [0.2, 0.25) is 5.02 Å². The number of amides is 1. The topological polar surface area (TPSA) is 93.9 Å². The molecule has 2 aromatic carbocycles. The summed E-state index contributed by atoms with van der Waals surface area (Å²) in [5.41, 5.74) is 0.203. The number of ether oxygens (including phenoxy) is 1. The Morgan fingerprint density at radius 3 is 2.63 bits per heavy atom. The van der Waals surface area contributed by atoms with E-state index in [2.05, 4.69) is 0 Å². The summed E-state index contributed by atoms with van der Waals surface area (Å²) in [4.78, 5) is 51.7. The Hall–Kier alpha value is -3.52. The van der Waals surface area contributed by atoms with E-state index in [9.17, 15) is 23.6 Å². The molecule has 1 aliphatic rings. The molecule has 0 bridgehead atoms. The maximum Gasteiger partial charge on any atom is 0.336 e. The number of aldehydes is 1. The summed E-state index contributed by atoms with van der Waals surface area (Å²) >= 11 is 6.23. The Kier molecular flexibility index (Phi) is 8.02. The lowest BCUT2D eigenvalue weighted by molar-refractivity contribution is -0.157. The fraction of sp³-hybridized carbons (Fsp3) is 0.379. The number of nitrogens with zero attached hydrogens (tertiary/aromatic N) is 1. The summed E-state index contributed by atoms with van der Waals surface area (Å²) in [6, 6.07) is 9.91. The lowest BCUT2D eigenvalue weighted by Crippen LogP contribution is -2.43. The van der Waals surface area contributed by atoms with Gasteiger partial charge in [-0.1, -0.05) is 23.7 Å². The Balaban J connectivity index is 1.59. The van der Waals surface area contributed by atoms with Crippen LogP contribution in [0.1, 0.15) is 51.5 Å². The number of fused-ring (bicyclic) bond motifs is 1. The highest BCUT2D eigenvalue weighted by molar-refractivity contribution is 6.33. The van der Waals surface area contributed by atoms with Crippen LogP contribution in [-0.4, -0.2) is 41.8 Å². The molecule has 1 unspecified atom stereocenters. The molecular formula is C29H29ClFNO6. The number of piperidine rings is 1. The van der Waals surface area contributed by atoms with E-state index in [4.69, 9.17) is 20.8 Å². The third-order valence-corrected chi connectivity index (χ3v) is 6.77. The third kappa shape index (κ3) is 6.30. The molecule has 0 spiro atoms. The molecule has 0 aliphatic carbocycles. The van der Waals surface area contributed by atoms with Crippen molar-refractivity contribution in [3.8, 4) is 11.1 Å². The maximum absolute atomic E-state index is 13.6. The van der Waals surface area contributed by atoms with Gasteiger partial charge in [0.25, 0.3) is 0 Å². The second kappa shape index (κ2) is 11.1. The molecule has 3 aromatic rings. The van der Waals surface area contributed by atoms with Gasteiger partial charge in [-0.3, -0.25) is 9.59 Å². The summed E-state index contributed by atoms with van der Waals surface area (Å²) in [7, 11) is 0. The van der Waals surface area contributed by atoms with Gasteiger partial charge < -0.3 is 18.8 Å². The van der Waals surface area contributed by atoms with E-state index in [1.54, 1.807) is 37.8 Å². The van der Waals surface area contributed by atoms with Gasteiger partial charge in [0.1, 0.15) is 29.2 Å². The zero-order valence-electron chi connectivity index (χ0n) is 21.5. The zero-order chi connectivity index (χ0) is 27.6. The van der Waals surface area contributed by atoms with Gasteiger partial charge in [-0.15, -0.1) is 0 Å². The normalized spacial score (nSPS) is 16.8. The molecule has 200 valence electrons. The first kappa shape index (κ1) is 27.5. The molecule has 1 saturated heterocycles. The van der Waals surface area contributed by atoms with E-state index in [1.807, 2.05) is 0 Å². The van der Waals surface area contributed by atoms with Crippen LogP contribution < -0.4 is 5.63 Å². The molecule has 38 heavy (non-hydrogen) atoms. The van der Waals surface area contributed by atoms with Crippen molar-refractivity contribution in [1.29, 1.82) is 0 Å². The monoisotopic (exact) mass is 541 g/mol. The molecule has 4 rings (SSSR count). The zero-order valence-corrected chi connectivity index (χ0v) is 22.2. The van der Waals surface area contributed by atoms with Gasteiger partial charge in [0.05, 0.1) is 11.4 Å². The van der Waals surface area contributed by atoms with Crippen LogP contribution in [-0.2, 0) is 19.1 Å². The first-order valence-corrected chi connectivity index (χ1v) is 12.8. The smallest absolute Gasteiger partial charge is 0.336 e. The third-order valence-electron chi connectivity index (χ3n) is 6.46. The van der Waals surface area contributed by atoms with Gasteiger partial charge in [0.2, 0.25) is 5.91 Å². The molecular weight excluding hydrogens is 513 g/mol. The first-order chi connectivity index (χ1) is 17.9. The number of hydrogen-bond donors (Lipinski definition) is 0. The lowest BCUT2D eigenvalue weighted by Gasteiger charge is -2.34. The van der Waals surface area contributed by atoms with Gasteiger partial charge in [-0.25, -0.2) is 9.18 Å². The molecule has 7 nitrogen and oxygen atoms in total. The molecule has 0 radical (unpaired) electrons. The fourth-order valence-electron chi connectivity index (χ4n) is 4.83. The molecule has 1 aromatic heterocycles. The van der Waals surface area contributed by atoms with Crippen LogP contribution in [0, 0.1) is 11.7 Å². The molecule has 0 N–H and O–H groups in total. The lowest BCUT2D eigenvalue weighted by atomic mass is 9.91. The molecule has 1 amide bonds. The predicted octanol–water partition coefficient (Wildman–Crippen LogP) is 5.51. The van der Waals surface area contributed by atoms with Crippen molar-refractivity contribution in [2.75, 3.05) is 13.1 Å². The Bertz CT molecular complexity index is 1440. The minimum Gasteiger partial charge on any atom is -0.460 e. The number of rotatable bonds is 6. The van der Waals surface area contributed by atoms with Gasteiger partial charge in [-0.2, -0.15) is 0 Å². The summed E-state index contributed by atoms with van der Waals surface area (Å²) in [5.74, 6) is -2.37. The van der Waals surface area contributed by atoms with Crippen LogP contribution in [0.5, 0.6) is 0 Å². The van der Waals surface area contributed by atoms with Crippen LogP contribution in [0.3, 0.4) is 0 Å². The van der Waals surface area contributed by atoms with Crippen molar-refractivity contribution in [3.63, 3.8) is 0 Å². The fourth-order valence-corrected chi connectivity index (χ4v) is 5.10. The molecule has 1 fully saturated rings. The van der Waals surface area contributed by atoms with Crippen LogP contribution in [0.15, 0.2) is 51.7 Å². The van der Waals surface area contributed by atoms with Crippen LogP contribution >= 0.6 is 11.6 Å². The van der Waals surface area contributed by atoms with Crippen molar-refractivity contribution >= 4 is 40.7 Å². The number of carbonyl (C=O) groups excluding carboxylic acids is 3. The second-order valence-electron chi connectivity index (χ2n) is 10.6. The maximum atomic E-state index is 13.6. The molecule has 0 saturated carbocycles. The van der Waals surface area contributed by atoms with Gasteiger partial charge in [0.15, 0.2) is 0 Å². The van der Waals surface area contributed by atoms with Crippen LogP contribution in [0.25, 0.3) is 22.1 Å². The van der Waals surface area contributed by atoms with Crippen molar-refractivity contribution in [1.82, 2.24) is 4.90 Å². The van der Waals surface area contributed by atoms with Gasteiger partial charge >= 0.3 is 11.6 Å². The summed E-state index contributed by atoms with van der Waals surface area (Å²) in [6.45, 7) is 6.24. The molecule has 1 aliphatic heterocycles. The minimum atomic E-state index is -1.11. The highest BCUT2D eigenvalue weighted by Crippen LogP contribution is 2.34. The van der Waals surface area contributed by atoms with E-state index in [1.165, 1.54) is 24.3 Å². The highest BCUT2D eigenvalue weighted by Gasteiger charge is 2.32. The van der Waals surface area contributed by atoms with Crippen molar-refractivity contribution in [2.24, 2.45) is 5.92 Å². The Morgan fingerprint density at radius 2 is 1.95 bits per heavy atom. The van der Waals surface area contributed by atoms with Crippen molar-refractivity contribution in [3.05, 3.63) is 69.3 Å². The average Bonchev–Trinajstić information content (AvgIpc) is 2.82. The van der Waals surface area contributed by atoms with E-state index in [0.29, 0.717) is 47.9 Å². The summed E-state index contributed by atoms with van der Waals surface area (Å²) in [5, 5.41) is 0.655. The number of carbonyl (C=O) groups is 3. The number of benzene rings is 2. The number of esters is 1. The Morgan fingerprint density at radius 1 is 1.18 bits per heavy atom. The molecule has 9 heteroatoms. The van der Waals surface area contributed by atoms with E-state index in [0.717, 1.165) is 12.5 Å². The van der Waals surface area contributed by atoms with Crippen molar-refractivity contribution in [2.45, 2.75) is 51.6 Å². The van der Waals surface area contributed by atoms with Gasteiger partial charge in [-0.05, 0) is 69.4 Å². The first-order valence-electron chi connectivity index (χ1n) is 12.4. The quantitative estimate of drug-likeness (QED) is 0.177. The second-order valence-corrected chi connectivity index (χ2v) is 11.0. The number of halogens is 2.